The minimum atomic E-state index is 0.808. The van der Waals surface area contributed by atoms with E-state index < -0.39 is 0 Å². The second kappa shape index (κ2) is 6.81. The van der Waals surface area contributed by atoms with Crippen LogP contribution in [0.5, 0.6) is 5.75 Å². The van der Waals surface area contributed by atoms with Crippen LogP contribution in [-0.4, -0.2) is 13.7 Å². The maximum absolute atomic E-state index is 5.89. The molecule has 0 heterocycles. The lowest BCUT2D eigenvalue weighted by molar-refractivity contribution is 0.414. The maximum Gasteiger partial charge on any atom is 0.118 e. The van der Waals surface area contributed by atoms with Crippen LogP contribution in [0.25, 0.3) is 0 Å². The zero-order valence-electron chi connectivity index (χ0n) is 11.2. The zero-order chi connectivity index (χ0) is 13.5. The van der Waals surface area contributed by atoms with Crippen molar-refractivity contribution in [2.75, 3.05) is 19.4 Å². The van der Waals surface area contributed by atoms with Crippen LogP contribution in [0.3, 0.4) is 0 Å². The summed E-state index contributed by atoms with van der Waals surface area (Å²) in [5, 5.41) is 3.41. The summed E-state index contributed by atoms with van der Waals surface area (Å²) in [5.41, 5.74) is 9.19. The number of nitrogens with two attached hydrogens (primary N) is 1. The maximum atomic E-state index is 5.89. The number of rotatable bonds is 6. The van der Waals surface area contributed by atoms with Gasteiger partial charge in [-0.3, -0.25) is 0 Å². The lowest BCUT2D eigenvalue weighted by Crippen LogP contribution is -2.17. The number of nitrogen functional groups attached to an aromatic ring is 1. The van der Waals surface area contributed by atoms with Gasteiger partial charge in [0.25, 0.3) is 0 Å². The molecule has 2 aromatic rings. The first kappa shape index (κ1) is 13.4. The number of methoxy groups -OCH3 is 1. The summed E-state index contributed by atoms with van der Waals surface area (Å²) in [7, 11) is 1.68. The molecule has 0 aliphatic carbocycles. The van der Waals surface area contributed by atoms with Gasteiger partial charge in [0, 0.05) is 12.2 Å². The second-order valence-electron chi connectivity index (χ2n) is 4.47. The third-order valence-electron chi connectivity index (χ3n) is 3.12. The lowest BCUT2D eigenvalue weighted by Gasteiger charge is -2.08. The molecule has 0 aliphatic rings. The number of ether oxygens (including phenoxy) is 1. The van der Waals surface area contributed by atoms with Gasteiger partial charge in [-0.2, -0.15) is 0 Å². The van der Waals surface area contributed by atoms with Crippen molar-refractivity contribution in [1.29, 1.82) is 0 Å². The predicted molar refractivity (Wildman–Crippen MR) is 79.3 cm³/mol. The molecular formula is C16H20N2O. The molecule has 3 nitrogen and oxygen atoms in total. The summed E-state index contributed by atoms with van der Waals surface area (Å²) >= 11 is 0. The van der Waals surface area contributed by atoms with Crippen LogP contribution in [0.2, 0.25) is 0 Å². The van der Waals surface area contributed by atoms with Crippen LogP contribution < -0.4 is 15.8 Å². The summed E-state index contributed by atoms with van der Waals surface area (Å²) in [6, 6.07) is 16.1. The Morgan fingerprint density at radius 1 is 1.05 bits per heavy atom. The van der Waals surface area contributed by atoms with Crippen LogP contribution in [-0.2, 0) is 13.0 Å². The summed E-state index contributed by atoms with van der Waals surface area (Å²) in [6.07, 6.45) is 0.997. The molecule has 19 heavy (non-hydrogen) atoms. The molecule has 0 radical (unpaired) electrons. The fourth-order valence-corrected chi connectivity index (χ4v) is 1.94. The van der Waals surface area contributed by atoms with E-state index in [1.807, 2.05) is 30.3 Å². The highest BCUT2D eigenvalue weighted by molar-refractivity contribution is 5.46. The quantitative estimate of drug-likeness (QED) is 0.617. The van der Waals surface area contributed by atoms with E-state index in [0.29, 0.717) is 0 Å². The molecule has 0 aliphatic heterocycles. The van der Waals surface area contributed by atoms with Crippen molar-refractivity contribution in [1.82, 2.24) is 5.32 Å². The fourth-order valence-electron chi connectivity index (χ4n) is 1.94. The van der Waals surface area contributed by atoms with Gasteiger partial charge in [0.05, 0.1) is 7.11 Å². The molecule has 0 saturated carbocycles. The Balaban J connectivity index is 1.76. The first-order valence-electron chi connectivity index (χ1n) is 6.46. The van der Waals surface area contributed by atoms with Crippen molar-refractivity contribution in [3.8, 4) is 5.75 Å². The first-order valence-corrected chi connectivity index (χ1v) is 6.46. The van der Waals surface area contributed by atoms with Crippen LogP contribution in [0.1, 0.15) is 11.1 Å². The average Bonchev–Trinajstić information content (AvgIpc) is 2.46. The smallest absolute Gasteiger partial charge is 0.118 e. The summed E-state index contributed by atoms with van der Waals surface area (Å²) in [4.78, 5) is 0. The van der Waals surface area contributed by atoms with Crippen LogP contribution in [0.15, 0.2) is 48.5 Å². The van der Waals surface area contributed by atoms with Gasteiger partial charge in [-0.15, -0.1) is 0 Å². The Labute approximate surface area is 114 Å². The van der Waals surface area contributed by atoms with Crippen molar-refractivity contribution in [3.63, 3.8) is 0 Å². The van der Waals surface area contributed by atoms with Gasteiger partial charge in [0.2, 0.25) is 0 Å². The molecular weight excluding hydrogens is 236 g/mol. The van der Waals surface area contributed by atoms with E-state index in [9.17, 15) is 0 Å². The zero-order valence-corrected chi connectivity index (χ0v) is 11.2. The normalized spacial score (nSPS) is 10.4. The highest BCUT2D eigenvalue weighted by Gasteiger charge is 1.98. The number of hydrogen-bond acceptors (Lipinski definition) is 3. The Hall–Kier alpha value is -2.00. The molecule has 3 heteroatoms. The van der Waals surface area contributed by atoms with Crippen molar-refractivity contribution in [2.24, 2.45) is 0 Å². The van der Waals surface area contributed by atoms with E-state index in [-0.39, 0.29) is 0 Å². The van der Waals surface area contributed by atoms with Gasteiger partial charge in [-0.1, -0.05) is 30.3 Å². The second-order valence-corrected chi connectivity index (χ2v) is 4.47. The molecule has 0 aromatic heterocycles. The standard InChI is InChI=1S/C16H20N2O/c1-19-15-8-6-13(7-9-15)10-11-18-12-14-4-2-3-5-16(14)17/h2-9,18H,10-12,17H2,1H3. The average molecular weight is 256 g/mol. The van der Waals surface area contributed by atoms with Crippen molar-refractivity contribution in [3.05, 3.63) is 59.7 Å². The van der Waals surface area contributed by atoms with E-state index in [0.717, 1.165) is 36.5 Å². The Kier molecular flexibility index (Phi) is 4.81. The molecule has 0 unspecified atom stereocenters. The van der Waals surface area contributed by atoms with E-state index in [1.165, 1.54) is 5.56 Å². The van der Waals surface area contributed by atoms with Gasteiger partial charge in [-0.05, 0) is 42.3 Å². The number of hydrogen-bond donors (Lipinski definition) is 2. The lowest BCUT2D eigenvalue weighted by atomic mass is 10.1. The minimum absolute atomic E-state index is 0.808. The van der Waals surface area contributed by atoms with Gasteiger partial charge < -0.3 is 15.8 Å². The number of para-hydroxylation sites is 1. The largest absolute Gasteiger partial charge is 0.497 e. The molecule has 2 aromatic carbocycles. The first-order chi connectivity index (χ1) is 9.29. The van der Waals surface area contributed by atoms with E-state index in [1.54, 1.807) is 7.11 Å². The van der Waals surface area contributed by atoms with Crippen molar-refractivity contribution in [2.45, 2.75) is 13.0 Å². The third kappa shape index (κ3) is 4.00. The fraction of sp³-hybridized carbons (Fsp3) is 0.250. The molecule has 0 spiro atoms. The Morgan fingerprint density at radius 2 is 1.79 bits per heavy atom. The topological polar surface area (TPSA) is 47.3 Å². The molecule has 0 amide bonds. The third-order valence-corrected chi connectivity index (χ3v) is 3.12. The Bertz CT molecular complexity index is 508. The molecule has 0 bridgehead atoms. The van der Waals surface area contributed by atoms with Crippen LogP contribution >= 0.6 is 0 Å². The van der Waals surface area contributed by atoms with Crippen molar-refractivity contribution < 1.29 is 4.74 Å². The number of anilines is 1. The molecule has 2 rings (SSSR count). The van der Waals surface area contributed by atoms with Crippen molar-refractivity contribution >= 4 is 5.69 Å². The van der Waals surface area contributed by atoms with Crippen LogP contribution in [0.4, 0.5) is 5.69 Å². The molecule has 0 fully saturated rings. The summed E-state index contributed by atoms with van der Waals surface area (Å²) < 4.78 is 5.14. The molecule has 3 N–H and O–H groups in total. The highest BCUT2D eigenvalue weighted by Crippen LogP contribution is 2.12. The van der Waals surface area contributed by atoms with Gasteiger partial charge in [-0.25, -0.2) is 0 Å². The van der Waals surface area contributed by atoms with E-state index in [4.69, 9.17) is 10.5 Å². The number of benzene rings is 2. The SMILES string of the molecule is COc1ccc(CCNCc2ccccc2N)cc1. The summed E-state index contributed by atoms with van der Waals surface area (Å²) in [6.45, 7) is 1.74. The molecule has 0 saturated heterocycles. The van der Waals surface area contributed by atoms with Crippen LogP contribution in [0, 0.1) is 0 Å². The van der Waals surface area contributed by atoms with Gasteiger partial charge in [0.15, 0.2) is 0 Å². The minimum Gasteiger partial charge on any atom is -0.497 e. The summed E-state index contributed by atoms with van der Waals surface area (Å²) in [5.74, 6) is 0.897. The van der Waals surface area contributed by atoms with Gasteiger partial charge in [0.1, 0.15) is 5.75 Å². The highest BCUT2D eigenvalue weighted by atomic mass is 16.5. The Morgan fingerprint density at radius 3 is 2.47 bits per heavy atom. The predicted octanol–water partition coefficient (Wildman–Crippen LogP) is 2.61. The molecule has 100 valence electrons. The molecule has 0 atom stereocenters. The number of nitrogens with one attached hydrogen (secondary N) is 1. The van der Waals surface area contributed by atoms with E-state index >= 15 is 0 Å². The van der Waals surface area contributed by atoms with Gasteiger partial charge >= 0.3 is 0 Å². The monoisotopic (exact) mass is 256 g/mol. The van der Waals surface area contributed by atoms with E-state index in [2.05, 4.69) is 23.5 Å².